The highest BCUT2D eigenvalue weighted by atomic mass is 32.2. The van der Waals surface area contributed by atoms with Crippen molar-refractivity contribution < 1.29 is 14.3 Å². The minimum atomic E-state index is -0.688. The molecule has 0 aromatic carbocycles. The van der Waals surface area contributed by atoms with Crippen LogP contribution in [0.3, 0.4) is 0 Å². The summed E-state index contributed by atoms with van der Waals surface area (Å²) >= 11 is 2.02. The van der Waals surface area contributed by atoms with E-state index in [1.165, 1.54) is 22.8 Å². The summed E-state index contributed by atoms with van der Waals surface area (Å²) in [5, 5.41) is 0. The van der Waals surface area contributed by atoms with Crippen molar-refractivity contribution in [3.63, 3.8) is 0 Å². The van der Waals surface area contributed by atoms with Crippen LogP contribution in [0.5, 0.6) is 0 Å². The molecular formula is C22H32N4O3S. The van der Waals surface area contributed by atoms with Gasteiger partial charge in [0, 0.05) is 57.5 Å². The first-order chi connectivity index (χ1) is 14.7. The fraction of sp³-hybridized carbons (Fsp3) is 0.682. The molecule has 3 fully saturated rings. The Morgan fingerprint density at radius 1 is 1.27 bits per heavy atom. The molecule has 1 spiro atoms. The molecule has 3 aliphatic heterocycles. The normalized spacial score (nSPS) is 24.4. The second kappa shape index (κ2) is 9.66. The van der Waals surface area contributed by atoms with Crippen molar-refractivity contribution in [1.29, 1.82) is 0 Å². The van der Waals surface area contributed by atoms with E-state index >= 15 is 0 Å². The van der Waals surface area contributed by atoms with Crippen LogP contribution < -0.4 is 0 Å². The van der Waals surface area contributed by atoms with E-state index in [0.29, 0.717) is 25.7 Å². The summed E-state index contributed by atoms with van der Waals surface area (Å²) in [7, 11) is 1.64. The predicted octanol–water partition coefficient (Wildman–Crippen LogP) is 2.26. The molecule has 0 aliphatic carbocycles. The molecule has 0 N–H and O–H groups in total. The Labute approximate surface area is 183 Å². The summed E-state index contributed by atoms with van der Waals surface area (Å²) in [5.41, 5.74) is 0.442. The number of carbonyl (C=O) groups is 2. The van der Waals surface area contributed by atoms with Crippen LogP contribution in [0.15, 0.2) is 24.5 Å². The maximum Gasteiger partial charge on any atom is 0.327 e. The number of hydrogen-bond acceptors (Lipinski definition) is 6. The highest BCUT2D eigenvalue weighted by Crippen LogP contribution is 2.38. The van der Waals surface area contributed by atoms with E-state index in [1.807, 2.05) is 35.0 Å². The summed E-state index contributed by atoms with van der Waals surface area (Å²) in [6.45, 7) is 3.15. The fourth-order valence-corrected chi connectivity index (χ4v) is 6.27. The van der Waals surface area contributed by atoms with Gasteiger partial charge in [-0.15, -0.1) is 0 Å². The Morgan fingerprint density at radius 2 is 2.10 bits per heavy atom. The largest absolute Gasteiger partial charge is 0.383 e. The van der Waals surface area contributed by atoms with E-state index in [1.54, 1.807) is 13.3 Å². The minimum Gasteiger partial charge on any atom is -0.383 e. The molecule has 8 heteroatoms. The smallest absolute Gasteiger partial charge is 0.327 e. The lowest BCUT2D eigenvalue weighted by atomic mass is 9.85. The lowest BCUT2D eigenvalue weighted by molar-refractivity contribution is -0.136. The molecule has 3 saturated heterocycles. The molecular weight excluding hydrogens is 400 g/mol. The summed E-state index contributed by atoms with van der Waals surface area (Å²) < 4.78 is 5.25. The molecule has 30 heavy (non-hydrogen) atoms. The quantitative estimate of drug-likeness (QED) is 0.587. The molecule has 3 aliphatic rings. The van der Waals surface area contributed by atoms with Crippen molar-refractivity contribution in [2.75, 3.05) is 51.4 Å². The minimum absolute atomic E-state index is 0.00441. The number of urea groups is 1. The number of amides is 3. The van der Waals surface area contributed by atoms with Crippen LogP contribution in [-0.2, 0) is 16.0 Å². The molecule has 164 valence electrons. The molecule has 0 unspecified atom stereocenters. The van der Waals surface area contributed by atoms with Crippen LogP contribution in [0.1, 0.15) is 31.2 Å². The van der Waals surface area contributed by atoms with E-state index < -0.39 is 5.54 Å². The molecule has 1 aromatic rings. The van der Waals surface area contributed by atoms with Gasteiger partial charge in [-0.1, -0.05) is 6.07 Å². The molecule has 0 bridgehead atoms. The van der Waals surface area contributed by atoms with Gasteiger partial charge in [0.25, 0.3) is 5.91 Å². The third-order valence-corrected chi connectivity index (χ3v) is 7.90. The Bertz CT molecular complexity index is 733. The highest BCUT2D eigenvalue weighted by molar-refractivity contribution is 7.99. The maximum atomic E-state index is 13.5. The first-order valence-corrected chi connectivity index (χ1v) is 12.1. The first-order valence-electron chi connectivity index (χ1n) is 11.0. The maximum absolute atomic E-state index is 13.5. The van der Waals surface area contributed by atoms with Crippen LogP contribution in [0.25, 0.3) is 0 Å². The molecule has 0 saturated carbocycles. The Morgan fingerprint density at radius 3 is 2.77 bits per heavy atom. The van der Waals surface area contributed by atoms with E-state index in [4.69, 9.17) is 4.74 Å². The number of pyridine rings is 1. The lowest BCUT2D eigenvalue weighted by Crippen LogP contribution is -2.58. The number of aryl methyl sites for hydroxylation is 1. The van der Waals surface area contributed by atoms with Gasteiger partial charge in [-0.3, -0.25) is 19.6 Å². The Kier molecular flexibility index (Phi) is 6.95. The number of likely N-dealkylation sites (tertiary alicyclic amines) is 1. The van der Waals surface area contributed by atoms with Crippen LogP contribution in [0.4, 0.5) is 4.79 Å². The topological polar surface area (TPSA) is 66.0 Å². The number of rotatable bonds is 8. The second-order valence-corrected chi connectivity index (χ2v) is 9.58. The van der Waals surface area contributed by atoms with Crippen LogP contribution in [0, 0.1) is 0 Å². The van der Waals surface area contributed by atoms with E-state index in [-0.39, 0.29) is 11.9 Å². The summed E-state index contributed by atoms with van der Waals surface area (Å²) in [6.07, 6.45) is 7.84. The van der Waals surface area contributed by atoms with Gasteiger partial charge in [-0.05, 0) is 49.5 Å². The zero-order valence-corrected chi connectivity index (χ0v) is 18.6. The van der Waals surface area contributed by atoms with Gasteiger partial charge < -0.3 is 9.64 Å². The van der Waals surface area contributed by atoms with Gasteiger partial charge in [0.05, 0.1) is 6.61 Å². The lowest BCUT2D eigenvalue weighted by Gasteiger charge is -2.43. The molecule has 4 rings (SSSR count). The van der Waals surface area contributed by atoms with Gasteiger partial charge in [0.2, 0.25) is 0 Å². The average molecular weight is 433 g/mol. The summed E-state index contributed by atoms with van der Waals surface area (Å²) in [6, 6.07) is 4.43. The van der Waals surface area contributed by atoms with Gasteiger partial charge in [-0.25, -0.2) is 4.79 Å². The average Bonchev–Trinajstić information content (AvgIpc) is 3.37. The Balaban J connectivity index is 1.43. The number of piperidine rings is 1. The van der Waals surface area contributed by atoms with Crippen molar-refractivity contribution in [2.45, 2.75) is 43.7 Å². The van der Waals surface area contributed by atoms with Crippen LogP contribution >= 0.6 is 11.8 Å². The monoisotopic (exact) mass is 432 g/mol. The molecule has 7 nitrogen and oxygen atoms in total. The first kappa shape index (κ1) is 21.6. The van der Waals surface area contributed by atoms with Gasteiger partial charge in [0.1, 0.15) is 5.54 Å². The summed E-state index contributed by atoms with van der Waals surface area (Å²) in [4.78, 5) is 36.7. The Hall–Kier alpha value is -1.64. The zero-order valence-electron chi connectivity index (χ0n) is 17.8. The molecule has 0 radical (unpaired) electrons. The number of ether oxygens (including phenoxy) is 1. The molecule has 1 aromatic heterocycles. The van der Waals surface area contributed by atoms with Gasteiger partial charge in [-0.2, -0.15) is 11.8 Å². The fourth-order valence-electron chi connectivity index (χ4n) is 5.01. The third-order valence-electron chi connectivity index (χ3n) is 6.76. The second-order valence-electron chi connectivity index (χ2n) is 8.43. The molecule has 1 atom stereocenters. The molecule has 4 heterocycles. The van der Waals surface area contributed by atoms with Gasteiger partial charge in [0.15, 0.2) is 0 Å². The number of thioether (sulfide) groups is 1. The van der Waals surface area contributed by atoms with Crippen LogP contribution in [-0.4, -0.2) is 94.6 Å². The van der Waals surface area contributed by atoms with Crippen molar-refractivity contribution in [1.82, 2.24) is 19.7 Å². The highest BCUT2D eigenvalue weighted by Gasteiger charge is 2.57. The zero-order chi connectivity index (χ0) is 21.0. The number of aromatic nitrogens is 1. The predicted molar refractivity (Wildman–Crippen MR) is 118 cm³/mol. The summed E-state index contributed by atoms with van der Waals surface area (Å²) in [5.74, 6) is 2.41. The van der Waals surface area contributed by atoms with E-state index in [2.05, 4.69) is 9.88 Å². The van der Waals surface area contributed by atoms with Crippen molar-refractivity contribution >= 4 is 23.7 Å². The number of imide groups is 1. The number of nitrogens with zero attached hydrogens (tertiary/aromatic N) is 4. The van der Waals surface area contributed by atoms with Crippen molar-refractivity contribution in [2.24, 2.45) is 0 Å². The molecule has 3 amide bonds. The van der Waals surface area contributed by atoms with E-state index in [0.717, 1.165) is 44.3 Å². The standard InChI is InChI=1S/C22H32N4O3S/c1-29-14-13-26-21(28)25(10-3-5-18-4-2-9-23-16-18)20(27)22(26)7-11-24(12-8-22)19-6-15-30-17-19/h2,4,9,16,19H,3,5-8,10-15,17H2,1H3/t19-/m1/s1. The van der Waals surface area contributed by atoms with Crippen molar-refractivity contribution in [3.8, 4) is 0 Å². The SMILES string of the molecule is COCCN1C(=O)N(CCCc2cccnc2)C(=O)C12CCN([C@@H]1CCSC1)CC2. The van der Waals surface area contributed by atoms with Crippen LogP contribution in [0.2, 0.25) is 0 Å². The third kappa shape index (κ3) is 4.22. The van der Waals surface area contributed by atoms with Gasteiger partial charge >= 0.3 is 6.03 Å². The number of hydrogen-bond donors (Lipinski definition) is 0. The van der Waals surface area contributed by atoms with E-state index in [9.17, 15) is 9.59 Å². The number of carbonyl (C=O) groups excluding carboxylic acids is 2. The van der Waals surface area contributed by atoms with Crippen molar-refractivity contribution in [3.05, 3.63) is 30.1 Å². The number of methoxy groups -OCH3 is 1.